The highest BCUT2D eigenvalue weighted by atomic mass is 32.1. The zero-order valence-electron chi connectivity index (χ0n) is 14.2. The number of methoxy groups -OCH3 is 1. The van der Waals surface area contributed by atoms with Crippen LogP contribution in [0.3, 0.4) is 0 Å². The van der Waals surface area contributed by atoms with Crippen LogP contribution in [0.5, 0.6) is 5.75 Å². The van der Waals surface area contributed by atoms with Gasteiger partial charge in [0.05, 0.1) is 19.2 Å². The van der Waals surface area contributed by atoms with Crippen LogP contribution >= 0.6 is 11.3 Å². The Morgan fingerprint density at radius 3 is 2.77 bits per heavy atom. The second-order valence-corrected chi connectivity index (χ2v) is 6.71. The Balaban J connectivity index is 1.45. The topological polar surface area (TPSA) is 55.6 Å². The highest BCUT2D eigenvalue weighted by molar-refractivity contribution is 7.15. The Kier molecular flexibility index (Phi) is 4.41. The third-order valence-corrected chi connectivity index (χ3v) is 4.87. The lowest BCUT2D eigenvalue weighted by Gasteiger charge is -2.09. The molecule has 0 bridgehead atoms. The van der Waals surface area contributed by atoms with Gasteiger partial charge in [0.15, 0.2) is 4.96 Å². The van der Waals surface area contributed by atoms with Crippen LogP contribution in [0.1, 0.15) is 5.56 Å². The molecule has 5 nitrogen and oxygen atoms in total. The second kappa shape index (κ2) is 7.01. The molecule has 4 rings (SSSR count). The maximum absolute atomic E-state index is 12.3. The maximum Gasteiger partial charge on any atom is 0.228 e. The average Bonchev–Trinajstić information content (AvgIpc) is 3.25. The van der Waals surface area contributed by atoms with Crippen molar-refractivity contribution < 1.29 is 9.53 Å². The minimum absolute atomic E-state index is 0.0789. The third-order valence-electron chi connectivity index (χ3n) is 4.10. The van der Waals surface area contributed by atoms with Crippen LogP contribution in [-0.2, 0) is 11.2 Å². The van der Waals surface area contributed by atoms with Gasteiger partial charge in [-0.1, -0.05) is 30.3 Å². The van der Waals surface area contributed by atoms with Gasteiger partial charge in [-0.05, 0) is 18.2 Å². The lowest BCUT2D eigenvalue weighted by Crippen LogP contribution is -2.14. The molecule has 0 saturated carbocycles. The van der Waals surface area contributed by atoms with Crippen molar-refractivity contribution in [2.24, 2.45) is 0 Å². The number of hydrogen-bond donors (Lipinski definition) is 1. The molecule has 2 aromatic carbocycles. The van der Waals surface area contributed by atoms with E-state index in [9.17, 15) is 4.79 Å². The summed E-state index contributed by atoms with van der Waals surface area (Å²) >= 11 is 1.60. The number of aromatic nitrogens is 2. The first-order chi connectivity index (χ1) is 12.7. The van der Waals surface area contributed by atoms with E-state index >= 15 is 0 Å². The fourth-order valence-corrected chi connectivity index (χ4v) is 3.52. The summed E-state index contributed by atoms with van der Waals surface area (Å²) in [5, 5.41) is 4.93. The first-order valence-electron chi connectivity index (χ1n) is 8.17. The van der Waals surface area contributed by atoms with Crippen LogP contribution in [0, 0.1) is 0 Å². The molecule has 0 saturated heterocycles. The quantitative estimate of drug-likeness (QED) is 0.577. The van der Waals surface area contributed by atoms with E-state index in [0.29, 0.717) is 0 Å². The molecule has 0 unspecified atom stereocenters. The Bertz CT molecular complexity index is 1020. The Morgan fingerprint density at radius 1 is 1.19 bits per heavy atom. The van der Waals surface area contributed by atoms with Crippen molar-refractivity contribution >= 4 is 27.9 Å². The number of benzene rings is 2. The van der Waals surface area contributed by atoms with Crippen LogP contribution in [0.15, 0.2) is 66.3 Å². The normalized spacial score (nSPS) is 10.8. The number of anilines is 1. The molecule has 0 aliphatic carbocycles. The van der Waals surface area contributed by atoms with E-state index in [4.69, 9.17) is 4.74 Å². The molecule has 2 heterocycles. The van der Waals surface area contributed by atoms with Crippen LogP contribution in [0.25, 0.3) is 16.2 Å². The van der Waals surface area contributed by atoms with Crippen molar-refractivity contribution in [1.82, 2.24) is 9.38 Å². The number of nitrogens with zero attached hydrogens (tertiary/aromatic N) is 2. The number of carbonyl (C=O) groups is 1. The molecule has 2 aromatic heterocycles. The highest BCUT2D eigenvalue weighted by Crippen LogP contribution is 2.23. The van der Waals surface area contributed by atoms with E-state index in [1.807, 2.05) is 70.7 Å². The monoisotopic (exact) mass is 363 g/mol. The lowest BCUT2D eigenvalue weighted by atomic mass is 10.1. The van der Waals surface area contributed by atoms with Gasteiger partial charge in [-0.3, -0.25) is 9.20 Å². The van der Waals surface area contributed by atoms with Gasteiger partial charge >= 0.3 is 0 Å². The largest absolute Gasteiger partial charge is 0.496 e. The number of para-hydroxylation sites is 1. The van der Waals surface area contributed by atoms with Crippen LogP contribution in [0.2, 0.25) is 0 Å². The average molecular weight is 363 g/mol. The summed E-state index contributed by atoms with van der Waals surface area (Å²) < 4.78 is 7.29. The maximum atomic E-state index is 12.3. The fraction of sp³-hybridized carbons (Fsp3) is 0.100. The summed E-state index contributed by atoms with van der Waals surface area (Å²) in [6, 6.07) is 15.2. The van der Waals surface area contributed by atoms with Gasteiger partial charge in [0.2, 0.25) is 5.91 Å². The molecule has 1 amide bonds. The Morgan fingerprint density at radius 2 is 2.00 bits per heavy atom. The SMILES string of the molecule is COc1ccccc1CC(=O)Nc1ccc(-c2cn3ccsc3n2)cc1. The van der Waals surface area contributed by atoms with Gasteiger partial charge in [0.25, 0.3) is 0 Å². The molecule has 0 fully saturated rings. The number of nitrogens with one attached hydrogen (secondary N) is 1. The molecular weight excluding hydrogens is 346 g/mol. The van der Waals surface area contributed by atoms with Gasteiger partial charge in [-0.15, -0.1) is 11.3 Å². The minimum Gasteiger partial charge on any atom is -0.496 e. The van der Waals surface area contributed by atoms with Crippen LogP contribution in [0.4, 0.5) is 5.69 Å². The van der Waals surface area contributed by atoms with Crippen molar-refractivity contribution in [3.63, 3.8) is 0 Å². The predicted molar refractivity (Wildman–Crippen MR) is 104 cm³/mol. The van der Waals surface area contributed by atoms with Gasteiger partial charge in [0, 0.05) is 34.6 Å². The summed E-state index contributed by atoms with van der Waals surface area (Å²) in [4.78, 5) is 17.9. The van der Waals surface area contributed by atoms with Crippen molar-refractivity contribution in [1.29, 1.82) is 0 Å². The molecule has 0 radical (unpaired) electrons. The minimum atomic E-state index is -0.0789. The molecule has 1 N–H and O–H groups in total. The molecule has 0 aliphatic rings. The molecule has 4 aromatic rings. The molecule has 0 atom stereocenters. The van der Waals surface area contributed by atoms with Crippen molar-refractivity contribution in [2.75, 3.05) is 12.4 Å². The van der Waals surface area contributed by atoms with Gasteiger partial charge in [0.1, 0.15) is 5.75 Å². The first kappa shape index (κ1) is 16.4. The van der Waals surface area contributed by atoms with Gasteiger partial charge in [-0.25, -0.2) is 4.98 Å². The second-order valence-electron chi connectivity index (χ2n) is 5.83. The summed E-state index contributed by atoms with van der Waals surface area (Å²) in [5.41, 5.74) is 3.56. The van der Waals surface area contributed by atoms with E-state index in [2.05, 4.69) is 10.3 Å². The molecular formula is C20H17N3O2S. The van der Waals surface area contributed by atoms with E-state index in [-0.39, 0.29) is 12.3 Å². The number of rotatable bonds is 5. The van der Waals surface area contributed by atoms with E-state index < -0.39 is 0 Å². The zero-order chi connectivity index (χ0) is 17.9. The van der Waals surface area contributed by atoms with E-state index in [1.54, 1.807) is 18.4 Å². The highest BCUT2D eigenvalue weighted by Gasteiger charge is 2.09. The van der Waals surface area contributed by atoms with Gasteiger partial charge in [-0.2, -0.15) is 0 Å². The number of hydrogen-bond acceptors (Lipinski definition) is 4. The zero-order valence-corrected chi connectivity index (χ0v) is 15.0. The summed E-state index contributed by atoms with van der Waals surface area (Å²) in [7, 11) is 1.61. The Hall–Kier alpha value is -3.12. The van der Waals surface area contributed by atoms with E-state index in [0.717, 1.165) is 33.2 Å². The molecule has 6 heteroatoms. The van der Waals surface area contributed by atoms with Crippen molar-refractivity contribution in [3.05, 3.63) is 71.9 Å². The number of ether oxygens (including phenoxy) is 1. The molecule has 26 heavy (non-hydrogen) atoms. The number of amides is 1. The smallest absolute Gasteiger partial charge is 0.228 e. The summed E-state index contributed by atoms with van der Waals surface area (Å²) in [5.74, 6) is 0.641. The standard InChI is InChI=1S/C20H17N3O2S/c1-25-18-5-3-2-4-15(18)12-19(24)21-16-8-6-14(7-9-16)17-13-23-10-11-26-20(23)22-17/h2-11,13H,12H2,1H3,(H,21,24). The first-order valence-corrected chi connectivity index (χ1v) is 9.05. The lowest BCUT2D eigenvalue weighted by molar-refractivity contribution is -0.115. The number of thiazole rings is 1. The molecule has 130 valence electrons. The van der Waals surface area contributed by atoms with Crippen LogP contribution < -0.4 is 10.1 Å². The number of carbonyl (C=O) groups excluding carboxylic acids is 1. The predicted octanol–water partition coefficient (Wildman–Crippen LogP) is 4.25. The van der Waals surface area contributed by atoms with Crippen molar-refractivity contribution in [2.45, 2.75) is 6.42 Å². The van der Waals surface area contributed by atoms with Gasteiger partial charge < -0.3 is 10.1 Å². The summed E-state index contributed by atoms with van der Waals surface area (Å²) in [6.07, 6.45) is 4.26. The molecule has 0 aliphatic heterocycles. The number of fused-ring (bicyclic) bond motifs is 1. The Labute approximate surface area is 154 Å². The summed E-state index contributed by atoms with van der Waals surface area (Å²) in [6.45, 7) is 0. The van der Waals surface area contributed by atoms with Crippen molar-refractivity contribution in [3.8, 4) is 17.0 Å². The van der Waals surface area contributed by atoms with Crippen LogP contribution in [-0.4, -0.2) is 22.4 Å². The molecule has 0 spiro atoms. The fourth-order valence-electron chi connectivity index (χ4n) is 2.82. The number of imidazole rings is 1. The third kappa shape index (κ3) is 3.32. The van der Waals surface area contributed by atoms with E-state index in [1.165, 1.54) is 0 Å².